The molecule has 1 N–H and O–H groups in total. The number of hydrogen-bond donors (Lipinski definition) is 1. The van der Waals surface area contributed by atoms with Crippen LogP contribution in [0.25, 0.3) is 32.9 Å². The number of halogens is 2. The van der Waals surface area contributed by atoms with Crippen molar-refractivity contribution in [2.45, 2.75) is 6.61 Å². The third-order valence-corrected chi connectivity index (χ3v) is 7.19. The lowest BCUT2D eigenvalue weighted by atomic mass is 10.0. The number of ether oxygens (including phenoxy) is 1. The number of hydrogen-bond acceptors (Lipinski definition) is 4. The van der Waals surface area contributed by atoms with Crippen molar-refractivity contribution in [3.05, 3.63) is 142 Å². The van der Waals surface area contributed by atoms with Crippen molar-refractivity contribution in [1.82, 2.24) is 10.4 Å². The zero-order valence-electron chi connectivity index (χ0n) is 21.7. The van der Waals surface area contributed by atoms with E-state index in [1.54, 1.807) is 18.2 Å². The molecule has 0 aliphatic heterocycles. The van der Waals surface area contributed by atoms with Gasteiger partial charge in [-0.15, -0.1) is 0 Å². The van der Waals surface area contributed by atoms with Crippen LogP contribution in [-0.2, 0) is 6.61 Å². The molecule has 0 aliphatic carbocycles. The van der Waals surface area contributed by atoms with E-state index in [2.05, 4.69) is 34.8 Å². The number of para-hydroxylation sites is 1. The molecular formula is C34H23Cl2N3O2. The van der Waals surface area contributed by atoms with Gasteiger partial charge in [-0.2, -0.15) is 5.10 Å². The number of amides is 1. The first-order chi connectivity index (χ1) is 20.0. The minimum Gasteiger partial charge on any atom is -0.486 e. The minimum absolute atomic E-state index is 0.318. The summed E-state index contributed by atoms with van der Waals surface area (Å²) in [6.45, 7) is 0.318. The highest BCUT2D eigenvalue weighted by Crippen LogP contribution is 2.34. The van der Waals surface area contributed by atoms with Gasteiger partial charge in [0.2, 0.25) is 0 Å². The molecular weight excluding hydrogens is 553 g/mol. The van der Waals surface area contributed by atoms with Gasteiger partial charge in [-0.3, -0.25) is 4.79 Å². The number of carbonyl (C=O) groups is 1. The van der Waals surface area contributed by atoms with Crippen LogP contribution in [0.15, 0.2) is 120 Å². The topological polar surface area (TPSA) is 63.6 Å². The van der Waals surface area contributed by atoms with E-state index in [1.165, 1.54) is 6.21 Å². The average Bonchev–Trinajstić information content (AvgIpc) is 3.00. The lowest BCUT2D eigenvalue weighted by Gasteiger charge is -2.11. The molecule has 0 saturated heterocycles. The monoisotopic (exact) mass is 575 g/mol. The number of carbonyl (C=O) groups excluding carboxylic acids is 1. The van der Waals surface area contributed by atoms with Gasteiger partial charge in [0.15, 0.2) is 5.75 Å². The van der Waals surface area contributed by atoms with Gasteiger partial charge in [0.25, 0.3) is 5.91 Å². The maximum Gasteiger partial charge on any atom is 0.272 e. The third-order valence-electron chi connectivity index (χ3n) is 6.63. The largest absolute Gasteiger partial charge is 0.486 e. The number of nitrogens with one attached hydrogen (secondary N) is 1. The van der Waals surface area contributed by atoms with E-state index in [0.717, 1.165) is 32.8 Å². The molecule has 200 valence electrons. The van der Waals surface area contributed by atoms with Crippen molar-refractivity contribution in [2.24, 2.45) is 5.10 Å². The Labute approximate surface area is 247 Å². The van der Waals surface area contributed by atoms with Crippen LogP contribution in [0.3, 0.4) is 0 Å². The molecule has 0 aliphatic rings. The Bertz CT molecular complexity index is 1900. The second kappa shape index (κ2) is 11.8. The summed E-state index contributed by atoms with van der Waals surface area (Å²) < 4.78 is 5.96. The standard InChI is InChI=1S/C34H23Cl2N3O2/c35-29-17-23(18-30(36)33(29)41-21-22-14-15-24-8-4-5-11-26(24)16-22)20-37-39-34(40)28-19-32(25-9-2-1-3-10-25)38-31-13-7-6-12-27(28)31/h1-20H,21H2,(H,39,40)/b37-20+. The highest BCUT2D eigenvalue weighted by Gasteiger charge is 2.14. The van der Waals surface area contributed by atoms with E-state index >= 15 is 0 Å². The summed E-state index contributed by atoms with van der Waals surface area (Å²) in [6, 6.07) is 36.7. The maximum atomic E-state index is 13.2. The molecule has 5 aromatic carbocycles. The molecule has 6 rings (SSSR count). The van der Waals surface area contributed by atoms with Crippen molar-refractivity contribution in [3.8, 4) is 17.0 Å². The lowest BCUT2D eigenvalue weighted by molar-refractivity contribution is 0.0956. The molecule has 0 radical (unpaired) electrons. The lowest BCUT2D eigenvalue weighted by Crippen LogP contribution is -2.18. The van der Waals surface area contributed by atoms with Crippen molar-refractivity contribution in [3.63, 3.8) is 0 Å². The summed E-state index contributed by atoms with van der Waals surface area (Å²) in [4.78, 5) is 17.9. The Kier molecular flexibility index (Phi) is 7.63. The molecule has 0 fully saturated rings. The smallest absolute Gasteiger partial charge is 0.272 e. The molecule has 41 heavy (non-hydrogen) atoms. The van der Waals surface area contributed by atoms with Crippen LogP contribution in [0.4, 0.5) is 0 Å². The van der Waals surface area contributed by atoms with Gasteiger partial charge < -0.3 is 4.74 Å². The summed E-state index contributed by atoms with van der Waals surface area (Å²) in [7, 11) is 0. The molecule has 0 bridgehead atoms. The SMILES string of the molecule is O=C(N/N=C/c1cc(Cl)c(OCc2ccc3ccccc3c2)c(Cl)c1)c1cc(-c2ccccc2)nc2ccccc12. The van der Waals surface area contributed by atoms with E-state index in [0.29, 0.717) is 39.2 Å². The average molecular weight is 576 g/mol. The summed E-state index contributed by atoms with van der Waals surface area (Å²) in [5, 5.41) is 7.88. The summed E-state index contributed by atoms with van der Waals surface area (Å²) in [6.07, 6.45) is 1.49. The van der Waals surface area contributed by atoms with Crippen molar-refractivity contribution in [2.75, 3.05) is 0 Å². The second-order valence-corrected chi connectivity index (χ2v) is 10.2. The van der Waals surface area contributed by atoms with Gasteiger partial charge in [-0.25, -0.2) is 10.4 Å². The van der Waals surface area contributed by atoms with Gasteiger partial charge in [0.1, 0.15) is 6.61 Å². The Morgan fingerprint density at radius 1 is 0.805 bits per heavy atom. The van der Waals surface area contributed by atoms with Gasteiger partial charge in [-0.05, 0) is 52.2 Å². The highest BCUT2D eigenvalue weighted by molar-refractivity contribution is 6.37. The minimum atomic E-state index is -0.357. The molecule has 6 aromatic rings. The van der Waals surface area contributed by atoms with Gasteiger partial charge >= 0.3 is 0 Å². The summed E-state index contributed by atoms with van der Waals surface area (Å²) in [5.41, 5.74) is 7.05. The predicted octanol–water partition coefficient (Wildman–Crippen LogP) is 8.70. The number of aromatic nitrogens is 1. The third kappa shape index (κ3) is 5.92. The maximum absolute atomic E-state index is 13.2. The van der Waals surface area contributed by atoms with Gasteiger partial charge in [0.05, 0.1) is 33.0 Å². The Morgan fingerprint density at radius 2 is 1.51 bits per heavy atom. The number of fused-ring (bicyclic) bond motifs is 2. The van der Waals surface area contributed by atoms with E-state index in [9.17, 15) is 4.79 Å². The molecule has 0 atom stereocenters. The molecule has 0 saturated carbocycles. The van der Waals surface area contributed by atoms with E-state index in [4.69, 9.17) is 32.9 Å². The number of rotatable bonds is 7. The van der Waals surface area contributed by atoms with Crippen LogP contribution < -0.4 is 10.2 Å². The Morgan fingerprint density at radius 3 is 2.32 bits per heavy atom. The number of nitrogens with zero attached hydrogens (tertiary/aromatic N) is 2. The van der Waals surface area contributed by atoms with Crippen LogP contribution in [0.1, 0.15) is 21.5 Å². The van der Waals surface area contributed by atoms with Crippen LogP contribution in [0, 0.1) is 0 Å². The van der Waals surface area contributed by atoms with Crippen LogP contribution in [0.2, 0.25) is 10.0 Å². The Hall–Kier alpha value is -4.71. The van der Waals surface area contributed by atoms with Crippen LogP contribution >= 0.6 is 23.2 Å². The normalized spacial score (nSPS) is 11.3. The fourth-order valence-corrected chi connectivity index (χ4v) is 5.23. The molecule has 7 heteroatoms. The van der Waals surface area contributed by atoms with Crippen molar-refractivity contribution < 1.29 is 9.53 Å². The number of pyridine rings is 1. The molecule has 1 aromatic heterocycles. The fraction of sp³-hybridized carbons (Fsp3) is 0.0294. The number of hydrazone groups is 1. The first-order valence-corrected chi connectivity index (χ1v) is 13.7. The Balaban J connectivity index is 1.17. The van der Waals surface area contributed by atoms with E-state index in [1.807, 2.05) is 72.8 Å². The van der Waals surface area contributed by atoms with Crippen LogP contribution in [0.5, 0.6) is 5.75 Å². The zero-order valence-corrected chi connectivity index (χ0v) is 23.2. The van der Waals surface area contributed by atoms with Crippen molar-refractivity contribution >= 4 is 57.0 Å². The van der Waals surface area contributed by atoms with E-state index < -0.39 is 0 Å². The number of benzene rings is 5. The fourth-order valence-electron chi connectivity index (χ4n) is 4.62. The predicted molar refractivity (Wildman–Crippen MR) is 167 cm³/mol. The summed E-state index contributed by atoms with van der Waals surface area (Å²) >= 11 is 13.0. The van der Waals surface area contributed by atoms with Gasteiger partial charge in [-0.1, -0.05) is 108 Å². The zero-order chi connectivity index (χ0) is 28.2. The molecule has 1 amide bonds. The molecule has 0 unspecified atom stereocenters. The second-order valence-electron chi connectivity index (χ2n) is 9.42. The highest BCUT2D eigenvalue weighted by atomic mass is 35.5. The summed E-state index contributed by atoms with van der Waals surface area (Å²) in [5.74, 6) is 0.0314. The first-order valence-electron chi connectivity index (χ1n) is 12.9. The van der Waals surface area contributed by atoms with E-state index in [-0.39, 0.29) is 5.91 Å². The first kappa shape index (κ1) is 26.5. The molecule has 5 nitrogen and oxygen atoms in total. The van der Waals surface area contributed by atoms with Gasteiger partial charge in [0, 0.05) is 10.9 Å². The quantitative estimate of drug-likeness (QED) is 0.153. The van der Waals surface area contributed by atoms with Crippen LogP contribution in [-0.4, -0.2) is 17.1 Å². The molecule has 1 heterocycles. The van der Waals surface area contributed by atoms with Crippen molar-refractivity contribution in [1.29, 1.82) is 0 Å². The molecule has 0 spiro atoms.